The number of hydrogen-bond donors (Lipinski definition) is 2. The van der Waals surface area contributed by atoms with Gasteiger partial charge in [0.25, 0.3) is 0 Å². The average molecular weight is 225 g/mol. The van der Waals surface area contributed by atoms with Crippen molar-refractivity contribution in [2.75, 3.05) is 0 Å². The molecule has 1 aromatic carbocycles. The molecule has 2 aromatic rings. The fraction of sp³-hybridized carbons (Fsp3) is 0.222. The molecule has 0 spiro atoms. The Kier molecular flexibility index (Phi) is 3.16. The summed E-state index contributed by atoms with van der Waals surface area (Å²) >= 11 is 0. The first-order valence-corrected chi connectivity index (χ1v) is 4.63. The standard InChI is InChI=1S/C9H9F2N5/c10-7-3-1-2-6(9(7)11)4-12-5-8-13-15-16-14-8/h1-3,12H,4-5H2,(H,13,14,15,16). The molecule has 0 aliphatic heterocycles. The minimum absolute atomic E-state index is 0.206. The molecule has 0 aliphatic rings. The van der Waals surface area contributed by atoms with Crippen LogP contribution in [0.15, 0.2) is 18.2 Å². The lowest BCUT2D eigenvalue weighted by molar-refractivity contribution is 0.492. The lowest BCUT2D eigenvalue weighted by atomic mass is 10.2. The van der Waals surface area contributed by atoms with Gasteiger partial charge in [0.2, 0.25) is 0 Å². The van der Waals surface area contributed by atoms with Gasteiger partial charge in [-0.15, -0.1) is 10.2 Å². The first-order chi connectivity index (χ1) is 7.77. The molecule has 0 aliphatic carbocycles. The van der Waals surface area contributed by atoms with E-state index in [1.807, 2.05) is 0 Å². The molecule has 0 bridgehead atoms. The molecule has 0 saturated carbocycles. The van der Waals surface area contributed by atoms with E-state index in [-0.39, 0.29) is 12.1 Å². The zero-order chi connectivity index (χ0) is 11.4. The van der Waals surface area contributed by atoms with Crippen molar-refractivity contribution >= 4 is 0 Å². The van der Waals surface area contributed by atoms with Crippen LogP contribution in [0.5, 0.6) is 0 Å². The van der Waals surface area contributed by atoms with Crippen molar-refractivity contribution in [1.82, 2.24) is 25.9 Å². The molecule has 1 aromatic heterocycles. The number of nitrogens with zero attached hydrogens (tertiary/aromatic N) is 3. The highest BCUT2D eigenvalue weighted by molar-refractivity contribution is 5.18. The summed E-state index contributed by atoms with van der Waals surface area (Å²) in [7, 11) is 0. The molecule has 5 nitrogen and oxygen atoms in total. The Morgan fingerprint density at radius 3 is 2.88 bits per heavy atom. The summed E-state index contributed by atoms with van der Waals surface area (Å²) in [5.41, 5.74) is 0.267. The lowest BCUT2D eigenvalue weighted by Gasteiger charge is -2.04. The van der Waals surface area contributed by atoms with Crippen LogP contribution < -0.4 is 5.32 Å². The summed E-state index contributed by atoms with van der Waals surface area (Å²) in [5, 5.41) is 16.0. The number of aromatic nitrogens is 4. The number of rotatable bonds is 4. The molecule has 0 atom stereocenters. The van der Waals surface area contributed by atoms with E-state index in [2.05, 4.69) is 25.9 Å². The van der Waals surface area contributed by atoms with Gasteiger partial charge in [-0.1, -0.05) is 17.3 Å². The van der Waals surface area contributed by atoms with Gasteiger partial charge >= 0.3 is 0 Å². The van der Waals surface area contributed by atoms with Gasteiger partial charge in [0.1, 0.15) is 0 Å². The SMILES string of the molecule is Fc1cccc(CNCc2nn[nH]n2)c1F. The highest BCUT2D eigenvalue weighted by Gasteiger charge is 2.07. The molecule has 0 saturated heterocycles. The van der Waals surface area contributed by atoms with Gasteiger partial charge in [0, 0.05) is 12.1 Å². The molecule has 0 fully saturated rings. The smallest absolute Gasteiger partial charge is 0.188 e. The third kappa shape index (κ3) is 2.37. The molecule has 16 heavy (non-hydrogen) atoms. The summed E-state index contributed by atoms with van der Waals surface area (Å²) in [4.78, 5) is 0. The van der Waals surface area contributed by atoms with Crippen LogP contribution in [0, 0.1) is 11.6 Å². The molecular formula is C9H9F2N5. The molecule has 2 N–H and O–H groups in total. The van der Waals surface area contributed by atoms with Gasteiger partial charge in [0.15, 0.2) is 17.5 Å². The maximum Gasteiger partial charge on any atom is 0.188 e. The van der Waals surface area contributed by atoms with Crippen molar-refractivity contribution in [2.24, 2.45) is 0 Å². The van der Waals surface area contributed by atoms with Crippen LogP contribution in [0.1, 0.15) is 11.4 Å². The summed E-state index contributed by atoms with van der Waals surface area (Å²) in [6, 6.07) is 4.06. The Balaban J connectivity index is 1.92. The van der Waals surface area contributed by atoms with E-state index < -0.39 is 11.6 Å². The Bertz CT molecular complexity index is 457. The largest absolute Gasteiger partial charge is 0.305 e. The van der Waals surface area contributed by atoms with Crippen LogP contribution in [-0.2, 0) is 13.1 Å². The molecule has 7 heteroatoms. The summed E-state index contributed by atoms with van der Waals surface area (Å²) in [6.07, 6.45) is 0. The van der Waals surface area contributed by atoms with Crippen LogP contribution in [-0.4, -0.2) is 20.6 Å². The Morgan fingerprint density at radius 1 is 1.25 bits per heavy atom. The van der Waals surface area contributed by atoms with Crippen LogP contribution in [0.4, 0.5) is 8.78 Å². The van der Waals surface area contributed by atoms with E-state index in [1.165, 1.54) is 12.1 Å². The minimum atomic E-state index is -0.848. The zero-order valence-corrected chi connectivity index (χ0v) is 8.24. The third-order valence-corrected chi connectivity index (χ3v) is 2.02. The maximum atomic E-state index is 13.2. The van der Waals surface area contributed by atoms with E-state index in [9.17, 15) is 8.78 Å². The summed E-state index contributed by atoms with van der Waals surface area (Å²) in [5.74, 6) is -1.21. The fourth-order valence-electron chi connectivity index (χ4n) is 1.25. The van der Waals surface area contributed by atoms with Gasteiger partial charge in [-0.05, 0) is 6.07 Å². The number of benzene rings is 1. The number of tetrazole rings is 1. The number of nitrogens with one attached hydrogen (secondary N) is 2. The molecule has 0 unspecified atom stereocenters. The zero-order valence-electron chi connectivity index (χ0n) is 8.24. The first kappa shape index (κ1) is 10.6. The quantitative estimate of drug-likeness (QED) is 0.806. The third-order valence-electron chi connectivity index (χ3n) is 2.02. The van der Waals surface area contributed by atoms with Crippen LogP contribution in [0.3, 0.4) is 0 Å². The van der Waals surface area contributed by atoms with Gasteiger partial charge < -0.3 is 5.32 Å². The van der Waals surface area contributed by atoms with E-state index in [0.717, 1.165) is 6.07 Å². The fourth-order valence-corrected chi connectivity index (χ4v) is 1.25. The van der Waals surface area contributed by atoms with Crippen LogP contribution in [0.25, 0.3) is 0 Å². The second-order valence-electron chi connectivity index (χ2n) is 3.14. The van der Waals surface area contributed by atoms with E-state index in [0.29, 0.717) is 12.4 Å². The van der Waals surface area contributed by atoms with Crippen molar-refractivity contribution in [3.8, 4) is 0 Å². The van der Waals surface area contributed by atoms with Crippen molar-refractivity contribution in [2.45, 2.75) is 13.1 Å². The van der Waals surface area contributed by atoms with Gasteiger partial charge in [0.05, 0.1) is 6.54 Å². The predicted octanol–water partition coefficient (Wildman–Crippen LogP) is 0.768. The summed E-state index contributed by atoms with van der Waals surface area (Å²) in [6.45, 7) is 0.546. The first-order valence-electron chi connectivity index (χ1n) is 4.63. The highest BCUT2D eigenvalue weighted by atomic mass is 19.2. The highest BCUT2D eigenvalue weighted by Crippen LogP contribution is 2.10. The van der Waals surface area contributed by atoms with Crippen LogP contribution >= 0.6 is 0 Å². The van der Waals surface area contributed by atoms with Crippen molar-refractivity contribution < 1.29 is 8.78 Å². The molecule has 1 heterocycles. The second kappa shape index (κ2) is 4.75. The monoisotopic (exact) mass is 225 g/mol. The number of hydrogen-bond acceptors (Lipinski definition) is 4. The molecule has 84 valence electrons. The topological polar surface area (TPSA) is 66.5 Å². The van der Waals surface area contributed by atoms with Crippen molar-refractivity contribution in [1.29, 1.82) is 0 Å². The summed E-state index contributed by atoms with van der Waals surface area (Å²) < 4.78 is 26.0. The van der Waals surface area contributed by atoms with E-state index in [4.69, 9.17) is 0 Å². The molecular weight excluding hydrogens is 216 g/mol. The van der Waals surface area contributed by atoms with Crippen molar-refractivity contribution in [3.63, 3.8) is 0 Å². The molecule has 2 rings (SSSR count). The second-order valence-corrected chi connectivity index (χ2v) is 3.14. The predicted molar refractivity (Wildman–Crippen MR) is 51.1 cm³/mol. The minimum Gasteiger partial charge on any atom is -0.305 e. The normalized spacial score (nSPS) is 10.6. The Labute approximate surface area is 89.9 Å². The molecule has 0 amide bonds. The van der Waals surface area contributed by atoms with Crippen LogP contribution in [0.2, 0.25) is 0 Å². The lowest BCUT2D eigenvalue weighted by Crippen LogP contribution is -2.15. The van der Waals surface area contributed by atoms with Gasteiger partial charge in [-0.3, -0.25) is 0 Å². The van der Waals surface area contributed by atoms with Crippen molar-refractivity contribution in [3.05, 3.63) is 41.2 Å². The Morgan fingerprint density at radius 2 is 2.12 bits per heavy atom. The van der Waals surface area contributed by atoms with E-state index in [1.54, 1.807) is 0 Å². The number of halogens is 2. The Hall–Kier alpha value is -1.89. The van der Waals surface area contributed by atoms with Gasteiger partial charge in [-0.25, -0.2) is 8.78 Å². The van der Waals surface area contributed by atoms with Gasteiger partial charge in [-0.2, -0.15) is 5.21 Å². The van der Waals surface area contributed by atoms with E-state index >= 15 is 0 Å². The number of H-pyrrole nitrogens is 1. The average Bonchev–Trinajstić information content (AvgIpc) is 2.77. The number of aromatic amines is 1. The maximum absolute atomic E-state index is 13.2. The molecule has 0 radical (unpaired) electrons.